The lowest BCUT2D eigenvalue weighted by atomic mass is 10.1. The van der Waals surface area contributed by atoms with E-state index in [1.807, 2.05) is 30.0 Å². The van der Waals surface area contributed by atoms with E-state index in [0.717, 1.165) is 17.8 Å². The molecule has 0 radical (unpaired) electrons. The molecule has 7 heteroatoms. The van der Waals surface area contributed by atoms with E-state index in [0.29, 0.717) is 22.5 Å². The maximum Gasteiger partial charge on any atom is 0.173 e. The van der Waals surface area contributed by atoms with Crippen LogP contribution in [0.25, 0.3) is 0 Å². The van der Waals surface area contributed by atoms with Crippen LogP contribution in [0.2, 0.25) is 5.02 Å². The van der Waals surface area contributed by atoms with Crippen LogP contribution in [-0.4, -0.2) is 42.5 Å². The third-order valence-electron chi connectivity index (χ3n) is 3.98. The molecule has 0 saturated carbocycles. The Hall–Kier alpha value is -0.850. The van der Waals surface area contributed by atoms with Gasteiger partial charge < -0.3 is 10.2 Å². The van der Waals surface area contributed by atoms with Gasteiger partial charge in [-0.25, -0.2) is 8.42 Å². The zero-order chi connectivity index (χ0) is 17.2. The Morgan fingerprint density at radius 3 is 2.74 bits per heavy atom. The number of rotatable bonds is 4. The van der Waals surface area contributed by atoms with Crippen molar-refractivity contribution in [3.63, 3.8) is 0 Å². The molecule has 0 spiro atoms. The topological polar surface area (TPSA) is 49.4 Å². The lowest BCUT2D eigenvalue weighted by Gasteiger charge is -2.32. The summed E-state index contributed by atoms with van der Waals surface area (Å²) in [6, 6.07) is 5.57. The van der Waals surface area contributed by atoms with Crippen molar-refractivity contribution in [2.45, 2.75) is 33.2 Å². The van der Waals surface area contributed by atoms with Crippen LogP contribution in [0.5, 0.6) is 0 Å². The van der Waals surface area contributed by atoms with Gasteiger partial charge in [0.1, 0.15) is 0 Å². The number of hydrogen-bond donors (Lipinski definition) is 1. The van der Waals surface area contributed by atoms with Crippen LogP contribution in [0.1, 0.15) is 25.8 Å². The minimum absolute atomic E-state index is 0.0538. The average molecular weight is 375 g/mol. The van der Waals surface area contributed by atoms with Crippen LogP contribution in [0.3, 0.4) is 0 Å². The summed E-state index contributed by atoms with van der Waals surface area (Å²) in [5.74, 6) is 0.805. The van der Waals surface area contributed by atoms with Gasteiger partial charge in [0.15, 0.2) is 14.9 Å². The molecule has 1 aliphatic rings. The maximum absolute atomic E-state index is 11.8. The predicted octanol–water partition coefficient (Wildman–Crippen LogP) is 3.49. The van der Waals surface area contributed by atoms with Gasteiger partial charge in [0.2, 0.25) is 0 Å². The molecule has 1 atom stereocenters. The Kier molecular flexibility index (Phi) is 5.92. The molecule has 0 aliphatic carbocycles. The molecule has 2 rings (SSSR count). The molecule has 1 N–H and O–H groups in total. The maximum atomic E-state index is 11.8. The van der Waals surface area contributed by atoms with Gasteiger partial charge in [0.05, 0.1) is 11.5 Å². The fourth-order valence-electron chi connectivity index (χ4n) is 2.74. The third-order valence-corrected chi connectivity index (χ3v) is 6.48. The monoisotopic (exact) mass is 374 g/mol. The fraction of sp³-hybridized carbons (Fsp3) is 0.562. The van der Waals surface area contributed by atoms with Gasteiger partial charge in [-0.1, -0.05) is 31.5 Å². The summed E-state index contributed by atoms with van der Waals surface area (Å²) in [5, 5.41) is 4.48. The highest BCUT2D eigenvalue weighted by Crippen LogP contribution is 2.25. The first-order valence-corrected chi connectivity index (χ1v) is 10.3. The molecule has 0 aromatic heterocycles. The van der Waals surface area contributed by atoms with E-state index < -0.39 is 9.84 Å². The van der Waals surface area contributed by atoms with E-state index in [2.05, 4.69) is 19.2 Å². The fourth-order valence-corrected chi connectivity index (χ4v) is 4.98. The van der Waals surface area contributed by atoms with Crippen molar-refractivity contribution >= 4 is 44.5 Å². The zero-order valence-corrected chi connectivity index (χ0v) is 16.1. The van der Waals surface area contributed by atoms with E-state index in [9.17, 15) is 8.42 Å². The molecule has 0 bridgehead atoms. The summed E-state index contributed by atoms with van der Waals surface area (Å²) < 4.78 is 23.6. The number of nitrogens with one attached hydrogen (secondary N) is 1. The second-order valence-corrected chi connectivity index (χ2v) is 9.47. The number of sulfone groups is 1. The van der Waals surface area contributed by atoms with Crippen LogP contribution in [-0.2, 0) is 9.84 Å². The smallest absolute Gasteiger partial charge is 0.173 e. The Labute approximate surface area is 149 Å². The van der Waals surface area contributed by atoms with Gasteiger partial charge in [-0.15, -0.1) is 0 Å². The molecule has 0 amide bonds. The van der Waals surface area contributed by atoms with E-state index in [1.165, 1.54) is 0 Å². The van der Waals surface area contributed by atoms with Crippen LogP contribution >= 0.6 is 23.8 Å². The van der Waals surface area contributed by atoms with Gasteiger partial charge in [-0.05, 0) is 49.2 Å². The molecule has 1 aromatic carbocycles. The van der Waals surface area contributed by atoms with Crippen LogP contribution in [0.4, 0.5) is 5.69 Å². The summed E-state index contributed by atoms with van der Waals surface area (Å²) in [4.78, 5) is 2.02. The summed E-state index contributed by atoms with van der Waals surface area (Å²) in [6.07, 6.45) is 0.630. The van der Waals surface area contributed by atoms with Crippen LogP contribution in [0.15, 0.2) is 18.2 Å². The Morgan fingerprint density at radius 1 is 1.48 bits per heavy atom. The number of thiocarbonyl (C=S) groups is 1. The lowest BCUT2D eigenvalue weighted by Crippen LogP contribution is -2.45. The van der Waals surface area contributed by atoms with Gasteiger partial charge in [0.25, 0.3) is 0 Å². The molecule has 1 aliphatic heterocycles. The van der Waals surface area contributed by atoms with Gasteiger partial charge in [-0.3, -0.25) is 0 Å². The molecule has 128 valence electrons. The van der Waals surface area contributed by atoms with Gasteiger partial charge in [0, 0.05) is 23.3 Å². The van der Waals surface area contributed by atoms with E-state index in [-0.39, 0.29) is 17.5 Å². The summed E-state index contributed by atoms with van der Waals surface area (Å²) in [5.41, 5.74) is 1.79. The molecule has 0 unspecified atom stereocenters. The number of benzene rings is 1. The predicted molar refractivity (Wildman–Crippen MR) is 101 cm³/mol. The molecule has 1 fully saturated rings. The minimum atomic E-state index is -2.95. The molecule has 1 heterocycles. The van der Waals surface area contributed by atoms with Gasteiger partial charge >= 0.3 is 0 Å². The number of halogens is 1. The van der Waals surface area contributed by atoms with Gasteiger partial charge in [-0.2, -0.15) is 0 Å². The Morgan fingerprint density at radius 2 is 2.17 bits per heavy atom. The highest BCUT2D eigenvalue weighted by Gasteiger charge is 2.33. The van der Waals surface area contributed by atoms with Crippen molar-refractivity contribution in [1.82, 2.24) is 4.90 Å². The van der Waals surface area contributed by atoms with Crippen LogP contribution < -0.4 is 5.32 Å². The molecular weight excluding hydrogens is 352 g/mol. The van der Waals surface area contributed by atoms with Crippen molar-refractivity contribution in [3.05, 3.63) is 28.8 Å². The van der Waals surface area contributed by atoms with E-state index >= 15 is 0 Å². The first-order valence-electron chi connectivity index (χ1n) is 7.73. The van der Waals surface area contributed by atoms with Crippen molar-refractivity contribution in [3.8, 4) is 0 Å². The van der Waals surface area contributed by atoms with E-state index in [1.54, 1.807) is 0 Å². The first-order chi connectivity index (χ1) is 10.7. The van der Waals surface area contributed by atoms with Crippen molar-refractivity contribution in [2.75, 3.05) is 23.4 Å². The SMILES string of the molecule is Cc1c(Cl)cccc1NC(=S)N(CC(C)C)[C@@H]1CCS(=O)(=O)C1. The molecule has 1 aromatic rings. The minimum Gasteiger partial charge on any atom is -0.345 e. The molecule has 23 heavy (non-hydrogen) atoms. The number of nitrogens with zero attached hydrogens (tertiary/aromatic N) is 1. The molecular formula is C16H23ClN2O2S2. The highest BCUT2D eigenvalue weighted by molar-refractivity contribution is 7.91. The largest absolute Gasteiger partial charge is 0.345 e. The molecule has 1 saturated heterocycles. The van der Waals surface area contributed by atoms with Crippen molar-refractivity contribution in [1.29, 1.82) is 0 Å². The second-order valence-electron chi connectivity index (χ2n) is 6.45. The first kappa shape index (κ1) is 18.5. The Balaban J connectivity index is 2.18. The highest BCUT2D eigenvalue weighted by atomic mass is 35.5. The standard InChI is InChI=1S/C16H23ClN2O2S2/c1-11(2)9-19(13-7-8-23(20,21)10-13)16(22)18-15-6-4-5-14(17)12(15)3/h4-6,11,13H,7-10H2,1-3H3,(H,18,22)/t13-/m1/s1. The molecule has 4 nitrogen and oxygen atoms in total. The lowest BCUT2D eigenvalue weighted by molar-refractivity contribution is 0.303. The summed E-state index contributed by atoms with van der Waals surface area (Å²) in [6.45, 7) is 6.86. The van der Waals surface area contributed by atoms with Crippen molar-refractivity contribution in [2.24, 2.45) is 5.92 Å². The number of anilines is 1. The zero-order valence-electron chi connectivity index (χ0n) is 13.7. The quantitative estimate of drug-likeness (QED) is 0.817. The summed E-state index contributed by atoms with van der Waals surface area (Å²) in [7, 11) is -2.95. The Bertz CT molecular complexity index is 689. The number of hydrogen-bond acceptors (Lipinski definition) is 3. The normalized spacial score (nSPS) is 19.8. The average Bonchev–Trinajstić information content (AvgIpc) is 2.81. The second kappa shape index (κ2) is 7.36. The van der Waals surface area contributed by atoms with Crippen molar-refractivity contribution < 1.29 is 8.42 Å². The summed E-state index contributed by atoms with van der Waals surface area (Å²) >= 11 is 11.7. The van der Waals surface area contributed by atoms with Crippen LogP contribution in [0, 0.1) is 12.8 Å². The third kappa shape index (κ3) is 4.81. The van der Waals surface area contributed by atoms with E-state index in [4.69, 9.17) is 23.8 Å².